The van der Waals surface area contributed by atoms with E-state index in [-0.39, 0.29) is 19.1 Å². The Hall–Kier alpha value is -1.95. The Morgan fingerprint density at radius 3 is 3.17 bits per heavy atom. The van der Waals surface area contributed by atoms with Gasteiger partial charge in [0.25, 0.3) is 5.91 Å². The molecule has 0 aliphatic carbocycles. The minimum atomic E-state index is -0.124. The van der Waals surface area contributed by atoms with Gasteiger partial charge in [0.2, 0.25) is 5.88 Å². The van der Waals surface area contributed by atoms with Gasteiger partial charge >= 0.3 is 0 Å². The van der Waals surface area contributed by atoms with Crippen molar-refractivity contribution in [2.45, 2.75) is 6.42 Å². The number of nitrogens with two attached hydrogens (primary N) is 1. The molecule has 3 N–H and O–H groups in total. The summed E-state index contributed by atoms with van der Waals surface area (Å²) in [5.41, 5.74) is 6.94. The third-order valence-electron chi connectivity index (χ3n) is 2.66. The minimum absolute atomic E-state index is 0.0605. The number of fused-ring (bicyclic) bond motifs is 1. The molecule has 1 aliphatic rings. The molecule has 96 valence electrons. The highest BCUT2D eigenvalue weighted by molar-refractivity contribution is 5.96. The van der Waals surface area contributed by atoms with Gasteiger partial charge < -0.3 is 15.8 Å². The van der Waals surface area contributed by atoms with Crippen molar-refractivity contribution in [3.63, 3.8) is 0 Å². The molecule has 1 aliphatic heterocycles. The predicted molar refractivity (Wildman–Crippen MR) is 64.0 cm³/mol. The van der Waals surface area contributed by atoms with Crippen molar-refractivity contribution in [1.29, 1.82) is 0 Å². The van der Waals surface area contributed by atoms with Crippen molar-refractivity contribution in [2.24, 2.45) is 5.73 Å². The highest BCUT2D eigenvalue weighted by atomic mass is 19.1. The molecule has 0 atom stereocenters. The number of rotatable bonds is 4. The van der Waals surface area contributed by atoms with E-state index >= 15 is 0 Å². The normalized spacial score (nSPS) is 15.0. The van der Waals surface area contributed by atoms with Gasteiger partial charge in [0.15, 0.2) is 0 Å². The van der Waals surface area contributed by atoms with Crippen molar-refractivity contribution in [3.05, 3.63) is 35.3 Å². The van der Waals surface area contributed by atoms with Crippen LogP contribution in [0.2, 0.25) is 0 Å². The number of nitrogens with zero attached hydrogens (tertiary/aromatic N) is 1. The highest BCUT2D eigenvalue weighted by Gasteiger charge is 2.18. The summed E-state index contributed by atoms with van der Waals surface area (Å²) < 4.78 is 17.6. The van der Waals surface area contributed by atoms with Crippen molar-refractivity contribution in [2.75, 3.05) is 19.7 Å². The molecular formula is C12H14FN3O2. The van der Waals surface area contributed by atoms with Gasteiger partial charge in [0, 0.05) is 31.1 Å². The van der Waals surface area contributed by atoms with Crippen LogP contribution in [-0.4, -0.2) is 30.6 Å². The molecule has 0 radical (unpaired) electrons. The van der Waals surface area contributed by atoms with Crippen LogP contribution in [0, 0.1) is 0 Å². The molecule has 0 unspecified atom stereocenters. The Morgan fingerprint density at radius 1 is 1.61 bits per heavy atom. The third kappa shape index (κ3) is 2.65. The van der Waals surface area contributed by atoms with Crippen molar-refractivity contribution < 1.29 is 13.9 Å². The summed E-state index contributed by atoms with van der Waals surface area (Å²) in [6.45, 7) is 0.732. The Bertz CT molecular complexity index is 488. The quantitative estimate of drug-likeness (QED) is 0.819. The second-order valence-corrected chi connectivity index (χ2v) is 3.91. The standard InChI is InChI=1S/C12H14FN3O2/c13-5-8(6-14)7-18-11-2-1-9-10(16-11)3-4-15-12(9)17/h1-2,5H,3-4,6-7,14H2,(H,15,17)/b8-5+. The van der Waals surface area contributed by atoms with Crippen LogP contribution < -0.4 is 15.8 Å². The smallest absolute Gasteiger partial charge is 0.253 e. The third-order valence-corrected chi connectivity index (χ3v) is 2.66. The number of halogens is 1. The lowest BCUT2D eigenvalue weighted by Gasteiger charge is -2.16. The van der Waals surface area contributed by atoms with Crippen molar-refractivity contribution in [1.82, 2.24) is 10.3 Å². The largest absolute Gasteiger partial charge is 0.473 e. The zero-order chi connectivity index (χ0) is 13.0. The monoisotopic (exact) mass is 251 g/mol. The molecular weight excluding hydrogens is 237 g/mol. The Kier molecular flexibility index (Phi) is 3.88. The summed E-state index contributed by atoms with van der Waals surface area (Å²) in [4.78, 5) is 15.7. The summed E-state index contributed by atoms with van der Waals surface area (Å²) in [6, 6.07) is 3.25. The summed E-state index contributed by atoms with van der Waals surface area (Å²) in [5.74, 6) is 0.248. The Morgan fingerprint density at radius 2 is 2.44 bits per heavy atom. The molecule has 0 bridgehead atoms. The first-order valence-corrected chi connectivity index (χ1v) is 5.63. The summed E-state index contributed by atoms with van der Waals surface area (Å²) in [6.07, 6.45) is 1.10. The molecule has 0 saturated carbocycles. The number of carbonyl (C=O) groups is 1. The molecule has 18 heavy (non-hydrogen) atoms. The molecule has 6 heteroatoms. The predicted octanol–water partition coefficient (Wildman–Crippen LogP) is 0.558. The van der Waals surface area contributed by atoms with Crippen LogP contribution >= 0.6 is 0 Å². The van der Waals surface area contributed by atoms with Crippen LogP contribution in [0.25, 0.3) is 0 Å². The van der Waals surface area contributed by atoms with Gasteiger partial charge in [0.05, 0.1) is 17.6 Å². The number of pyridine rings is 1. The maximum Gasteiger partial charge on any atom is 0.253 e. The molecule has 1 aromatic rings. The van der Waals surface area contributed by atoms with Crippen LogP contribution in [0.4, 0.5) is 4.39 Å². The van der Waals surface area contributed by atoms with Gasteiger partial charge in [-0.05, 0) is 6.07 Å². The van der Waals surface area contributed by atoms with Gasteiger partial charge in [-0.25, -0.2) is 9.37 Å². The lowest BCUT2D eigenvalue weighted by atomic mass is 10.1. The van der Waals surface area contributed by atoms with Crippen molar-refractivity contribution in [3.8, 4) is 5.88 Å². The SMILES string of the molecule is NC/C(=C\F)COc1ccc2c(n1)CCNC2=O. The van der Waals surface area contributed by atoms with E-state index in [4.69, 9.17) is 10.5 Å². The molecule has 2 heterocycles. The van der Waals surface area contributed by atoms with Crippen LogP contribution in [0.3, 0.4) is 0 Å². The topological polar surface area (TPSA) is 77.2 Å². The fourth-order valence-electron chi connectivity index (χ4n) is 1.65. The number of amides is 1. The maximum atomic E-state index is 12.3. The van der Waals surface area contributed by atoms with Crippen LogP contribution in [-0.2, 0) is 6.42 Å². The van der Waals surface area contributed by atoms with E-state index in [0.717, 1.165) is 0 Å². The number of aromatic nitrogens is 1. The van der Waals surface area contributed by atoms with E-state index in [2.05, 4.69) is 10.3 Å². The van der Waals surface area contributed by atoms with E-state index in [0.29, 0.717) is 42.0 Å². The zero-order valence-electron chi connectivity index (χ0n) is 9.78. The first-order chi connectivity index (χ1) is 8.74. The second-order valence-electron chi connectivity index (χ2n) is 3.91. The number of hydrogen-bond donors (Lipinski definition) is 2. The lowest BCUT2D eigenvalue weighted by molar-refractivity contribution is 0.0945. The summed E-state index contributed by atoms with van der Waals surface area (Å²) >= 11 is 0. The molecule has 0 spiro atoms. The van der Waals surface area contributed by atoms with Gasteiger partial charge in [-0.15, -0.1) is 0 Å². The average molecular weight is 251 g/mol. The van der Waals surface area contributed by atoms with Gasteiger partial charge in [-0.1, -0.05) is 0 Å². The van der Waals surface area contributed by atoms with Crippen molar-refractivity contribution >= 4 is 5.91 Å². The van der Waals surface area contributed by atoms with E-state index in [1.165, 1.54) is 0 Å². The Labute approximate surface area is 104 Å². The number of ether oxygens (including phenoxy) is 1. The van der Waals surface area contributed by atoms with E-state index in [9.17, 15) is 9.18 Å². The van der Waals surface area contributed by atoms with E-state index < -0.39 is 0 Å². The summed E-state index contributed by atoms with van der Waals surface area (Å²) in [7, 11) is 0. The van der Waals surface area contributed by atoms with E-state index in [1.807, 2.05) is 0 Å². The fraction of sp³-hybridized carbons (Fsp3) is 0.333. The molecule has 5 nitrogen and oxygen atoms in total. The molecule has 0 aromatic carbocycles. The number of nitrogens with one attached hydrogen (secondary N) is 1. The zero-order valence-corrected chi connectivity index (χ0v) is 9.78. The molecule has 1 aromatic heterocycles. The van der Waals surface area contributed by atoms with Gasteiger partial charge in [0.1, 0.15) is 6.61 Å². The highest BCUT2D eigenvalue weighted by Crippen LogP contribution is 2.16. The molecule has 0 fully saturated rings. The first kappa shape index (κ1) is 12.5. The van der Waals surface area contributed by atoms with Crippen LogP contribution in [0.5, 0.6) is 5.88 Å². The molecule has 0 saturated heterocycles. The lowest BCUT2D eigenvalue weighted by Crippen LogP contribution is -2.32. The van der Waals surface area contributed by atoms with E-state index in [1.54, 1.807) is 12.1 Å². The van der Waals surface area contributed by atoms with Crippen LogP contribution in [0.15, 0.2) is 24.0 Å². The van der Waals surface area contributed by atoms with Gasteiger partial charge in [-0.3, -0.25) is 4.79 Å². The second kappa shape index (κ2) is 5.59. The molecule has 1 amide bonds. The maximum absolute atomic E-state index is 12.3. The van der Waals surface area contributed by atoms with Crippen LogP contribution in [0.1, 0.15) is 16.1 Å². The molecule has 2 rings (SSSR count). The first-order valence-electron chi connectivity index (χ1n) is 5.63. The summed E-state index contributed by atoms with van der Waals surface area (Å²) in [5, 5.41) is 2.73. The number of hydrogen-bond acceptors (Lipinski definition) is 4. The number of carbonyl (C=O) groups excluding carboxylic acids is 1. The average Bonchev–Trinajstić information content (AvgIpc) is 2.40. The Balaban J connectivity index is 2.09. The fourth-order valence-corrected chi connectivity index (χ4v) is 1.65. The minimum Gasteiger partial charge on any atom is -0.473 e. The van der Waals surface area contributed by atoms with Gasteiger partial charge in [-0.2, -0.15) is 0 Å².